The first-order chi connectivity index (χ1) is 54.0. The number of nitrogens with zero attached hydrogens (tertiary/aromatic N) is 11. The van der Waals surface area contributed by atoms with Gasteiger partial charge in [0.15, 0.2) is 0 Å². The Morgan fingerprint density at radius 3 is 1.15 bits per heavy atom. The van der Waals surface area contributed by atoms with Gasteiger partial charge >= 0.3 is 18.3 Å². The Balaban J connectivity index is 0.000000408. The summed E-state index contributed by atoms with van der Waals surface area (Å²) in [4.78, 5) is 52.9. The molecule has 4 fully saturated rings. The maximum atomic E-state index is 15.3. The molecule has 30 heteroatoms. The van der Waals surface area contributed by atoms with Crippen molar-refractivity contribution in [2.45, 2.75) is 316 Å². The number of ether oxygens (including phenoxy) is 6. The number of hydrogen-bond donors (Lipinski definition) is 0. The lowest BCUT2D eigenvalue weighted by Gasteiger charge is -2.25. The van der Waals surface area contributed by atoms with Crippen LogP contribution in [-0.4, -0.2) is 130 Å². The zero-order valence-corrected chi connectivity index (χ0v) is 70.2. The SMILES string of the molecule is C.C.C.C.CCCc1nn(CC2CCCCC2)c(OCc2cc(F)ccc2F)c1F.CN(CC1=NN(CC2CCCCC2)C(=O)C1)C(=O)OC(C)(C)C.CN(Cc1cc(OCc2cc(F)ccc2F)n(CC2CCCCC2)n1)C(=O)OC(C)(C)C.CN(Cc1nn(CC2CCCCC2)c(OCc2cc(F)ccc2F)c1F)C(=O)OC(C)(C)C.Cl. The van der Waals surface area contributed by atoms with E-state index in [1.807, 2.05) is 48.5 Å². The smallest absolute Gasteiger partial charge is 0.410 e. The number of carbonyl (C=O) groups is 4. The lowest BCUT2D eigenvalue weighted by Crippen LogP contribution is -2.37. The van der Waals surface area contributed by atoms with Gasteiger partial charge in [0, 0.05) is 70.1 Å². The molecule has 0 radical (unpaired) electrons. The number of rotatable bonds is 25. The fraction of sp³-hybridized carbons (Fsp3) is 0.640. The fourth-order valence-corrected chi connectivity index (χ4v) is 14.3. The lowest BCUT2D eigenvalue weighted by atomic mass is 9.89. The topological polar surface area (TPSA) is 202 Å². The number of carbonyl (C=O) groups excluding carboxylic acids is 4. The van der Waals surface area contributed by atoms with Crippen LogP contribution in [0.25, 0.3) is 0 Å². The number of hydrogen-bond acceptors (Lipinski definition) is 14. The van der Waals surface area contributed by atoms with Gasteiger partial charge in [-0.2, -0.15) is 29.2 Å². The van der Waals surface area contributed by atoms with Crippen molar-refractivity contribution in [2.75, 3.05) is 34.2 Å². The fourth-order valence-electron chi connectivity index (χ4n) is 14.3. The van der Waals surface area contributed by atoms with Crippen molar-refractivity contribution in [1.82, 2.24) is 49.1 Å². The third kappa shape index (κ3) is 34.4. The first-order valence-corrected chi connectivity index (χ1v) is 40.4. The molecule has 11 rings (SSSR count). The summed E-state index contributed by atoms with van der Waals surface area (Å²) < 4.78 is 150. The third-order valence-electron chi connectivity index (χ3n) is 20.1. The minimum Gasteiger partial charge on any atom is -0.473 e. The summed E-state index contributed by atoms with van der Waals surface area (Å²) in [5.74, 6) is -2.36. The Labute approximate surface area is 708 Å². The average molecular weight is 1710 g/mol. The largest absolute Gasteiger partial charge is 0.473 e. The summed E-state index contributed by atoms with van der Waals surface area (Å²) >= 11 is 0. The summed E-state index contributed by atoms with van der Waals surface area (Å²) in [6, 6.07) is 11.3. The summed E-state index contributed by atoms with van der Waals surface area (Å²) in [7, 11) is 4.82. The van der Waals surface area contributed by atoms with Gasteiger partial charge in [0.25, 0.3) is 0 Å². The zero-order chi connectivity index (χ0) is 83.0. The molecule has 0 unspecified atom stereocenters. The molecule has 4 heterocycles. The molecule has 0 spiro atoms. The van der Waals surface area contributed by atoms with Gasteiger partial charge in [0.1, 0.15) is 82.9 Å². The van der Waals surface area contributed by atoms with Crippen LogP contribution < -0.4 is 14.2 Å². The minimum atomic E-state index is -0.724. The van der Waals surface area contributed by atoms with E-state index in [-0.39, 0.29) is 115 Å². The van der Waals surface area contributed by atoms with E-state index >= 15 is 4.39 Å². The van der Waals surface area contributed by atoms with E-state index in [0.717, 1.165) is 125 Å². The molecule has 0 atom stereocenters. The average Bonchev–Trinajstić information content (AvgIpc) is 1.66. The maximum absolute atomic E-state index is 15.3. The molecule has 0 bridgehead atoms. The van der Waals surface area contributed by atoms with Gasteiger partial charge in [-0.3, -0.25) is 4.79 Å². The molecule has 119 heavy (non-hydrogen) atoms. The summed E-state index contributed by atoms with van der Waals surface area (Å²) in [5, 5.41) is 19.5. The predicted molar refractivity (Wildman–Crippen MR) is 451 cm³/mol. The Bertz CT molecular complexity index is 4130. The first kappa shape index (κ1) is 105. The van der Waals surface area contributed by atoms with Crippen molar-refractivity contribution < 1.29 is 82.7 Å². The highest BCUT2D eigenvalue weighted by Gasteiger charge is 2.33. The normalized spacial score (nSPS) is 15.3. The van der Waals surface area contributed by atoms with Crippen molar-refractivity contribution >= 4 is 42.3 Å². The molecular formula is C89H136ClF8N11O10. The van der Waals surface area contributed by atoms with Crippen LogP contribution in [0.4, 0.5) is 49.5 Å². The van der Waals surface area contributed by atoms with Crippen LogP contribution in [0, 0.1) is 70.2 Å². The van der Waals surface area contributed by atoms with Gasteiger partial charge in [-0.25, -0.2) is 59.8 Å². The van der Waals surface area contributed by atoms with E-state index in [1.165, 1.54) is 103 Å². The molecule has 1 aliphatic heterocycles. The van der Waals surface area contributed by atoms with Crippen LogP contribution >= 0.6 is 12.4 Å². The predicted octanol–water partition coefficient (Wildman–Crippen LogP) is 22.9. The Kier molecular flexibility index (Phi) is 43.3. The van der Waals surface area contributed by atoms with Crippen molar-refractivity contribution in [3.8, 4) is 17.6 Å². The number of aromatic nitrogens is 6. The van der Waals surface area contributed by atoms with Crippen LogP contribution in [0.3, 0.4) is 0 Å². The number of amides is 4. The standard InChI is InChI=1S/C24H32F3N3O3.C24H33F2N3O3.C20H25F3N2O.C17H29N3O3.4CH4.ClH/c1-24(2,3)33-23(31)29(4)14-20-21(27)22(30(28-20)13-16-8-6-5-7-9-16)32-15-17-12-18(25)10-11-19(17)26;1-24(2,3)32-23(30)28(4)15-20-13-22(29(27-20)14-17-8-6-5-7-9-17)31-16-18-12-19(25)10-11-21(18)26;1-2-6-18-19(23)20(25(24-18)12-14-7-4-3-5-8-14)26-13-15-11-16(21)9-10-17(15)22;1-17(2,3)23-16(22)19(4)12-14-10-15(21)20(18-14)11-13-8-6-5-7-9-13;;;;;/h10-12,16H,5-9,13-15H2,1-4H3;10-13,17H,5-9,14-16H2,1-4H3;9-11,14H,2-8,12-13H2,1H3;13H,5-12H2,1-4H3;4*1H4;1H. The molecule has 6 aromatic rings. The second-order valence-electron chi connectivity index (χ2n) is 33.8. The van der Waals surface area contributed by atoms with E-state index in [9.17, 15) is 49.9 Å². The minimum absolute atomic E-state index is 0. The van der Waals surface area contributed by atoms with Crippen molar-refractivity contribution in [1.29, 1.82) is 0 Å². The molecule has 21 nitrogen and oxygen atoms in total. The number of hydrazone groups is 1. The van der Waals surface area contributed by atoms with Gasteiger partial charge < -0.3 is 43.1 Å². The highest BCUT2D eigenvalue weighted by molar-refractivity contribution is 6.06. The molecule has 4 saturated carbocycles. The van der Waals surface area contributed by atoms with Crippen LogP contribution in [0.2, 0.25) is 0 Å². The molecular weight excluding hydrogens is 1570 g/mol. The highest BCUT2D eigenvalue weighted by atomic mass is 35.5. The quantitative estimate of drug-likeness (QED) is 0.0387. The second-order valence-corrected chi connectivity index (χ2v) is 33.8. The molecule has 0 N–H and O–H groups in total. The summed E-state index contributed by atoms with van der Waals surface area (Å²) in [6.45, 7) is 20.4. The Morgan fingerprint density at radius 1 is 0.437 bits per heavy atom. The van der Waals surface area contributed by atoms with Gasteiger partial charge in [0.2, 0.25) is 35.2 Å². The highest BCUT2D eigenvalue weighted by Crippen LogP contribution is 2.34. The van der Waals surface area contributed by atoms with E-state index in [2.05, 4.69) is 20.4 Å². The van der Waals surface area contributed by atoms with E-state index in [4.69, 9.17) is 28.4 Å². The lowest BCUT2D eigenvalue weighted by molar-refractivity contribution is -0.129. The van der Waals surface area contributed by atoms with Crippen molar-refractivity contribution in [3.63, 3.8) is 0 Å². The molecule has 3 aromatic carbocycles. The van der Waals surface area contributed by atoms with Crippen LogP contribution in [-0.2, 0) is 78.0 Å². The number of aryl methyl sites for hydroxylation is 1. The van der Waals surface area contributed by atoms with Gasteiger partial charge in [-0.05, 0) is 198 Å². The third-order valence-corrected chi connectivity index (χ3v) is 20.1. The van der Waals surface area contributed by atoms with E-state index < -0.39 is 81.6 Å². The zero-order valence-electron chi connectivity index (χ0n) is 69.4. The van der Waals surface area contributed by atoms with Gasteiger partial charge in [0.05, 0.1) is 37.5 Å². The molecule has 4 aliphatic carbocycles. The van der Waals surface area contributed by atoms with E-state index in [0.29, 0.717) is 80.0 Å². The Morgan fingerprint density at radius 2 is 0.773 bits per heavy atom. The second kappa shape index (κ2) is 49.3. The van der Waals surface area contributed by atoms with Crippen LogP contribution in [0.1, 0.15) is 274 Å². The monoisotopic (exact) mass is 1710 g/mol. The Hall–Kier alpha value is -8.63. The first-order valence-electron chi connectivity index (χ1n) is 40.4. The summed E-state index contributed by atoms with van der Waals surface area (Å²) in [6.07, 6.45) is 23.5. The van der Waals surface area contributed by atoms with Crippen molar-refractivity contribution in [2.24, 2.45) is 28.8 Å². The molecule has 670 valence electrons. The van der Waals surface area contributed by atoms with Crippen LogP contribution in [0.15, 0.2) is 65.8 Å². The van der Waals surface area contributed by atoms with Crippen molar-refractivity contribution in [3.05, 3.63) is 141 Å². The number of halogens is 9. The van der Waals surface area contributed by atoms with E-state index in [1.54, 1.807) is 55.3 Å². The van der Waals surface area contributed by atoms with Gasteiger partial charge in [-0.15, -0.1) is 12.4 Å². The summed E-state index contributed by atoms with van der Waals surface area (Å²) in [5.41, 5.74) is 0.158. The molecule has 3 aromatic heterocycles. The molecule has 5 aliphatic rings. The number of benzene rings is 3. The van der Waals surface area contributed by atoms with Gasteiger partial charge in [-0.1, -0.05) is 120 Å². The molecule has 0 saturated heterocycles. The molecule has 4 amide bonds. The maximum Gasteiger partial charge on any atom is 0.410 e. The van der Waals surface area contributed by atoms with Crippen LogP contribution in [0.5, 0.6) is 17.6 Å².